The van der Waals surface area contributed by atoms with Crippen molar-refractivity contribution in [1.29, 1.82) is 0 Å². The van der Waals surface area contributed by atoms with E-state index in [0.717, 1.165) is 17.1 Å². The molecule has 0 bridgehead atoms. The van der Waals surface area contributed by atoms with Gasteiger partial charge in [0.05, 0.1) is 0 Å². The molecule has 3 rings (SSSR count). The maximum Gasteiger partial charge on any atom is 0.242 e. The first-order chi connectivity index (χ1) is 9.38. The second kappa shape index (κ2) is 5.12. The first kappa shape index (κ1) is 11.7. The van der Waals surface area contributed by atoms with Crippen LogP contribution in [-0.2, 0) is 6.54 Å². The van der Waals surface area contributed by atoms with E-state index in [-0.39, 0.29) is 0 Å². The molecule has 4 nitrogen and oxygen atoms in total. The van der Waals surface area contributed by atoms with Crippen molar-refractivity contribution in [3.05, 3.63) is 60.4 Å². The predicted octanol–water partition coefficient (Wildman–Crippen LogP) is 2.85. The molecular weight excluding hydrogens is 238 g/mol. The van der Waals surface area contributed by atoms with Gasteiger partial charge in [0.2, 0.25) is 5.88 Å². The number of benzene rings is 1. The molecule has 0 aliphatic rings. The van der Waals surface area contributed by atoms with Crippen molar-refractivity contribution >= 4 is 5.65 Å². The number of hydrogen-bond acceptors (Lipinski definition) is 3. The van der Waals surface area contributed by atoms with Gasteiger partial charge in [0.15, 0.2) is 0 Å². The van der Waals surface area contributed by atoms with E-state index in [1.807, 2.05) is 66.2 Å². The third-order valence-corrected chi connectivity index (χ3v) is 2.89. The van der Waals surface area contributed by atoms with E-state index in [4.69, 9.17) is 4.74 Å². The number of nitrogens with one attached hydrogen (secondary N) is 1. The number of pyridine rings is 1. The summed E-state index contributed by atoms with van der Waals surface area (Å²) in [6.07, 6.45) is 1.99. The summed E-state index contributed by atoms with van der Waals surface area (Å²) in [7, 11) is 1.91. The molecule has 0 atom stereocenters. The Morgan fingerprint density at radius 3 is 2.68 bits per heavy atom. The van der Waals surface area contributed by atoms with Crippen molar-refractivity contribution in [2.24, 2.45) is 0 Å². The summed E-state index contributed by atoms with van der Waals surface area (Å²) < 4.78 is 7.91. The molecular formula is C15H15N3O. The quantitative estimate of drug-likeness (QED) is 0.777. The first-order valence-corrected chi connectivity index (χ1v) is 6.22. The molecule has 2 aromatic heterocycles. The van der Waals surface area contributed by atoms with Crippen LogP contribution in [0.2, 0.25) is 0 Å². The highest BCUT2D eigenvalue weighted by Gasteiger charge is 2.12. The molecule has 0 radical (unpaired) electrons. The molecule has 19 heavy (non-hydrogen) atoms. The van der Waals surface area contributed by atoms with Gasteiger partial charge in [-0.2, -0.15) is 4.98 Å². The highest BCUT2D eigenvalue weighted by molar-refractivity contribution is 5.46. The van der Waals surface area contributed by atoms with Crippen LogP contribution >= 0.6 is 0 Å². The van der Waals surface area contributed by atoms with Crippen LogP contribution in [0.3, 0.4) is 0 Å². The highest BCUT2D eigenvalue weighted by Crippen LogP contribution is 2.25. The Kier molecular flexibility index (Phi) is 3.16. The van der Waals surface area contributed by atoms with Gasteiger partial charge in [0.25, 0.3) is 0 Å². The molecule has 3 aromatic rings. The molecule has 1 N–H and O–H groups in total. The summed E-state index contributed by atoms with van der Waals surface area (Å²) in [4.78, 5) is 4.53. The molecule has 0 unspecified atom stereocenters. The van der Waals surface area contributed by atoms with Gasteiger partial charge >= 0.3 is 0 Å². The monoisotopic (exact) mass is 253 g/mol. The van der Waals surface area contributed by atoms with Crippen LogP contribution in [0.15, 0.2) is 54.7 Å². The van der Waals surface area contributed by atoms with E-state index in [9.17, 15) is 0 Å². The third kappa shape index (κ3) is 2.30. The Bertz CT molecular complexity index is 676. The van der Waals surface area contributed by atoms with Crippen LogP contribution in [0.25, 0.3) is 5.65 Å². The van der Waals surface area contributed by atoms with Crippen molar-refractivity contribution in [1.82, 2.24) is 14.7 Å². The summed E-state index contributed by atoms with van der Waals surface area (Å²) in [6.45, 7) is 0.702. The van der Waals surface area contributed by atoms with Crippen LogP contribution < -0.4 is 10.1 Å². The topological polar surface area (TPSA) is 38.6 Å². The lowest BCUT2D eigenvalue weighted by Gasteiger charge is -2.05. The first-order valence-electron chi connectivity index (χ1n) is 6.22. The summed E-state index contributed by atoms with van der Waals surface area (Å²) in [5, 5.41) is 3.15. The van der Waals surface area contributed by atoms with E-state index in [2.05, 4.69) is 10.3 Å². The van der Waals surface area contributed by atoms with Crippen molar-refractivity contribution in [2.45, 2.75) is 6.54 Å². The van der Waals surface area contributed by atoms with Gasteiger partial charge in [-0.05, 0) is 31.3 Å². The number of nitrogens with zero attached hydrogens (tertiary/aromatic N) is 2. The van der Waals surface area contributed by atoms with Crippen LogP contribution in [0, 0.1) is 0 Å². The normalized spacial score (nSPS) is 10.8. The van der Waals surface area contributed by atoms with Gasteiger partial charge in [-0.1, -0.05) is 24.3 Å². The Morgan fingerprint density at radius 2 is 1.89 bits per heavy atom. The fourth-order valence-corrected chi connectivity index (χ4v) is 2.04. The second-order valence-electron chi connectivity index (χ2n) is 4.24. The Hall–Kier alpha value is -2.33. The Morgan fingerprint density at radius 1 is 1.11 bits per heavy atom. The van der Waals surface area contributed by atoms with E-state index in [1.54, 1.807) is 0 Å². The fraction of sp³-hybridized carbons (Fsp3) is 0.133. The maximum absolute atomic E-state index is 5.88. The third-order valence-electron chi connectivity index (χ3n) is 2.89. The highest BCUT2D eigenvalue weighted by atomic mass is 16.5. The second-order valence-corrected chi connectivity index (χ2v) is 4.24. The summed E-state index contributed by atoms with van der Waals surface area (Å²) in [5.74, 6) is 1.44. The minimum absolute atomic E-state index is 0.645. The lowest BCUT2D eigenvalue weighted by molar-refractivity contribution is 0.457. The summed E-state index contributed by atoms with van der Waals surface area (Å²) >= 11 is 0. The molecule has 0 spiro atoms. The molecule has 0 saturated heterocycles. The molecule has 0 aliphatic carbocycles. The van der Waals surface area contributed by atoms with Crippen LogP contribution in [0.1, 0.15) is 5.69 Å². The molecule has 0 amide bonds. The summed E-state index contributed by atoms with van der Waals surface area (Å²) in [6, 6.07) is 15.6. The summed E-state index contributed by atoms with van der Waals surface area (Å²) in [5.41, 5.74) is 1.90. The number of rotatable bonds is 4. The van der Waals surface area contributed by atoms with Gasteiger partial charge in [0, 0.05) is 12.7 Å². The number of aromatic nitrogens is 2. The number of para-hydroxylation sites is 1. The van der Waals surface area contributed by atoms with Gasteiger partial charge in [-0.3, -0.25) is 4.40 Å². The van der Waals surface area contributed by atoms with E-state index >= 15 is 0 Å². The predicted molar refractivity (Wildman–Crippen MR) is 74.5 cm³/mol. The van der Waals surface area contributed by atoms with Gasteiger partial charge in [-0.25, -0.2) is 0 Å². The lowest BCUT2D eigenvalue weighted by atomic mass is 10.3. The van der Waals surface area contributed by atoms with Gasteiger partial charge in [0.1, 0.15) is 17.1 Å². The van der Waals surface area contributed by atoms with E-state index < -0.39 is 0 Å². The Labute approximate surface area is 111 Å². The van der Waals surface area contributed by atoms with Crippen molar-refractivity contribution < 1.29 is 4.74 Å². The molecule has 96 valence electrons. The molecule has 4 heteroatoms. The van der Waals surface area contributed by atoms with E-state index in [1.165, 1.54) is 0 Å². The molecule has 0 fully saturated rings. The number of fused-ring (bicyclic) bond motifs is 1. The smallest absolute Gasteiger partial charge is 0.242 e. The largest absolute Gasteiger partial charge is 0.437 e. The van der Waals surface area contributed by atoms with Crippen LogP contribution in [-0.4, -0.2) is 16.4 Å². The zero-order chi connectivity index (χ0) is 13.1. The van der Waals surface area contributed by atoms with Crippen LogP contribution in [0.4, 0.5) is 0 Å². The average molecular weight is 253 g/mol. The van der Waals surface area contributed by atoms with Gasteiger partial charge < -0.3 is 10.1 Å². The number of imidazole rings is 1. The van der Waals surface area contributed by atoms with Crippen molar-refractivity contribution in [3.8, 4) is 11.6 Å². The molecule has 1 aromatic carbocycles. The average Bonchev–Trinajstić information content (AvgIpc) is 2.79. The zero-order valence-corrected chi connectivity index (χ0v) is 10.7. The molecule has 2 heterocycles. The minimum Gasteiger partial charge on any atom is -0.437 e. The Balaban J connectivity index is 2.04. The van der Waals surface area contributed by atoms with Crippen molar-refractivity contribution in [3.63, 3.8) is 0 Å². The SMILES string of the molecule is CNCc1c(Oc2ccccc2)nc2ccccn12. The fourth-order valence-electron chi connectivity index (χ4n) is 2.04. The van der Waals surface area contributed by atoms with E-state index in [0.29, 0.717) is 12.4 Å². The van der Waals surface area contributed by atoms with Crippen molar-refractivity contribution in [2.75, 3.05) is 7.05 Å². The van der Waals surface area contributed by atoms with Gasteiger partial charge in [-0.15, -0.1) is 0 Å². The van der Waals surface area contributed by atoms with Crippen LogP contribution in [0.5, 0.6) is 11.6 Å². The zero-order valence-electron chi connectivity index (χ0n) is 10.7. The standard InChI is InChI=1S/C15H15N3O/c1-16-11-13-15(19-12-7-3-2-4-8-12)17-14-9-5-6-10-18(13)14/h2-10,16H,11H2,1H3. The molecule has 0 saturated carbocycles. The number of hydrogen-bond donors (Lipinski definition) is 1. The number of ether oxygens (including phenoxy) is 1. The lowest BCUT2D eigenvalue weighted by Crippen LogP contribution is -2.08. The minimum atomic E-state index is 0.645. The maximum atomic E-state index is 5.88. The molecule has 0 aliphatic heterocycles.